The number of carbonyl (C=O) groups is 1. The number of hydrogen-bond acceptors (Lipinski definition) is 2. The van der Waals surface area contributed by atoms with Crippen molar-refractivity contribution < 1.29 is 75.4 Å². The first-order chi connectivity index (χ1) is 12.4. The van der Waals surface area contributed by atoms with Crippen molar-refractivity contribution >= 4 is 5.97 Å². The Kier molecular flexibility index (Phi) is 6.69. The highest BCUT2D eigenvalue weighted by molar-refractivity contribution is 5.87. The van der Waals surface area contributed by atoms with Gasteiger partial charge in [0.25, 0.3) is 0 Å². The van der Waals surface area contributed by atoms with Crippen LogP contribution in [0.15, 0.2) is 11.6 Å². The largest absolute Gasteiger partial charge is 0.473 e. The van der Waals surface area contributed by atoms with Gasteiger partial charge in [0, 0.05) is 5.57 Å². The number of halogens is 15. The summed E-state index contributed by atoms with van der Waals surface area (Å²) in [6, 6.07) is 0. The zero-order valence-electron chi connectivity index (χ0n) is 13.6. The maximum Gasteiger partial charge on any atom is 0.473 e. The zero-order valence-corrected chi connectivity index (χ0v) is 13.6. The van der Waals surface area contributed by atoms with Crippen molar-refractivity contribution in [3.63, 3.8) is 0 Å². The molecule has 0 saturated carbocycles. The first-order valence-corrected chi connectivity index (χ1v) is 6.56. The average Bonchev–Trinajstić information content (AvgIpc) is 2.51. The average molecular weight is 468 g/mol. The summed E-state index contributed by atoms with van der Waals surface area (Å²) < 4.78 is 195. The molecule has 0 spiro atoms. The second-order valence-electron chi connectivity index (χ2n) is 5.25. The standard InChI is InChI=1S/C12H7F15O2/c1-3-4(2)5(28)29-12(26,27)10(21,22)8(17,18)6(13,14)7(15,16)9(19,20)11(23,24)25/h3H,1-2H3. The predicted molar refractivity (Wildman–Crippen MR) is 61.3 cm³/mol. The fourth-order valence-electron chi connectivity index (χ4n) is 1.33. The van der Waals surface area contributed by atoms with E-state index in [1.807, 2.05) is 0 Å². The van der Waals surface area contributed by atoms with Gasteiger partial charge >= 0.3 is 47.9 Å². The highest BCUT2D eigenvalue weighted by atomic mass is 19.4. The van der Waals surface area contributed by atoms with Crippen LogP contribution in [0.5, 0.6) is 0 Å². The summed E-state index contributed by atoms with van der Waals surface area (Å²) in [5.74, 6) is -43.5. The second kappa shape index (κ2) is 7.14. The van der Waals surface area contributed by atoms with E-state index in [9.17, 15) is 70.7 Å². The Morgan fingerprint density at radius 3 is 1.24 bits per heavy atom. The molecule has 0 aromatic rings. The minimum Gasteiger partial charge on any atom is -0.393 e. The van der Waals surface area contributed by atoms with Crippen molar-refractivity contribution in [3.8, 4) is 0 Å². The smallest absolute Gasteiger partial charge is 0.393 e. The molecule has 17 heteroatoms. The number of hydrogen-bond donors (Lipinski definition) is 0. The van der Waals surface area contributed by atoms with Gasteiger partial charge in [0.15, 0.2) is 0 Å². The van der Waals surface area contributed by atoms with Crippen LogP contribution in [-0.4, -0.2) is 47.9 Å². The van der Waals surface area contributed by atoms with Gasteiger partial charge in [-0.25, -0.2) is 4.79 Å². The Morgan fingerprint density at radius 1 is 0.621 bits per heavy atom. The molecule has 2 nitrogen and oxygen atoms in total. The van der Waals surface area contributed by atoms with Gasteiger partial charge in [0.1, 0.15) is 0 Å². The monoisotopic (exact) mass is 468 g/mol. The van der Waals surface area contributed by atoms with Gasteiger partial charge in [-0.3, -0.25) is 0 Å². The number of alkyl halides is 15. The summed E-state index contributed by atoms with van der Waals surface area (Å²) in [4.78, 5) is 10.9. The van der Waals surface area contributed by atoms with Crippen LogP contribution >= 0.6 is 0 Å². The van der Waals surface area contributed by atoms with E-state index >= 15 is 0 Å². The van der Waals surface area contributed by atoms with E-state index < -0.39 is 53.4 Å². The summed E-state index contributed by atoms with van der Waals surface area (Å²) in [5.41, 5.74) is -1.01. The molecule has 0 aliphatic heterocycles. The lowest BCUT2D eigenvalue weighted by Gasteiger charge is -2.40. The normalized spacial score (nSPS) is 16.1. The lowest BCUT2D eigenvalue weighted by atomic mass is 9.93. The molecule has 0 fully saturated rings. The predicted octanol–water partition coefficient (Wildman–Crippen LogP) is 5.83. The third kappa shape index (κ3) is 3.83. The van der Waals surface area contributed by atoms with Crippen LogP contribution in [0.25, 0.3) is 0 Å². The first kappa shape index (κ1) is 27.2. The van der Waals surface area contributed by atoms with Crippen LogP contribution in [-0.2, 0) is 9.53 Å². The van der Waals surface area contributed by atoms with Gasteiger partial charge < -0.3 is 4.74 Å². The Labute approximate surface area is 150 Å². The van der Waals surface area contributed by atoms with Gasteiger partial charge in [0.2, 0.25) is 0 Å². The third-order valence-electron chi connectivity index (χ3n) is 3.27. The molecular weight excluding hydrogens is 461 g/mol. The fourth-order valence-corrected chi connectivity index (χ4v) is 1.33. The highest BCUT2D eigenvalue weighted by Crippen LogP contribution is 2.62. The molecule has 0 rings (SSSR count). The molecular formula is C12H7F15O2. The van der Waals surface area contributed by atoms with E-state index in [0.29, 0.717) is 13.0 Å². The first-order valence-electron chi connectivity index (χ1n) is 6.56. The van der Waals surface area contributed by atoms with Crippen LogP contribution in [0, 0.1) is 0 Å². The van der Waals surface area contributed by atoms with Crippen molar-refractivity contribution in [1.29, 1.82) is 0 Å². The molecule has 0 aromatic heterocycles. The van der Waals surface area contributed by atoms with Gasteiger partial charge in [-0.2, -0.15) is 65.9 Å². The second-order valence-corrected chi connectivity index (χ2v) is 5.25. The van der Waals surface area contributed by atoms with Gasteiger partial charge in [0.05, 0.1) is 0 Å². The molecule has 0 unspecified atom stereocenters. The molecule has 0 amide bonds. The molecule has 172 valence electrons. The molecule has 0 bridgehead atoms. The maximum absolute atomic E-state index is 13.3. The van der Waals surface area contributed by atoms with E-state index in [1.165, 1.54) is 0 Å². The van der Waals surface area contributed by atoms with Gasteiger partial charge in [-0.15, -0.1) is 0 Å². The van der Waals surface area contributed by atoms with E-state index in [0.717, 1.165) is 6.92 Å². The van der Waals surface area contributed by atoms with Gasteiger partial charge in [-0.05, 0) is 13.8 Å². The van der Waals surface area contributed by atoms with Crippen LogP contribution in [0.1, 0.15) is 13.8 Å². The Morgan fingerprint density at radius 2 is 0.931 bits per heavy atom. The summed E-state index contributed by atoms with van der Waals surface area (Å²) in [6.07, 6.45) is -14.2. The van der Waals surface area contributed by atoms with Crippen molar-refractivity contribution in [2.75, 3.05) is 0 Å². The van der Waals surface area contributed by atoms with Crippen LogP contribution in [0.3, 0.4) is 0 Å². The molecule has 0 aliphatic rings. The number of esters is 1. The van der Waals surface area contributed by atoms with Gasteiger partial charge in [-0.1, -0.05) is 6.08 Å². The quantitative estimate of drug-likeness (QED) is 0.267. The number of ether oxygens (including phenoxy) is 1. The fraction of sp³-hybridized carbons (Fsp3) is 0.750. The molecule has 0 radical (unpaired) electrons. The minimum atomic E-state index is -8.42. The molecule has 0 saturated heterocycles. The number of carbonyl (C=O) groups excluding carboxylic acids is 1. The lowest BCUT2D eigenvalue weighted by Crippen LogP contribution is -2.73. The summed E-state index contributed by atoms with van der Waals surface area (Å²) in [6.45, 7) is 1.44. The highest BCUT2D eigenvalue weighted by Gasteiger charge is 2.94. The van der Waals surface area contributed by atoms with Crippen molar-refractivity contribution in [2.45, 2.75) is 55.7 Å². The number of allylic oxidation sites excluding steroid dienone is 1. The van der Waals surface area contributed by atoms with E-state index in [-0.39, 0.29) is 0 Å². The maximum atomic E-state index is 13.3. The summed E-state index contributed by atoms with van der Waals surface area (Å²) in [5, 5.41) is 0. The number of rotatable bonds is 7. The lowest BCUT2D eigenvalue weighted by molar-refractivity contribution is -0.467. The van der Waals surface area contributed by atoms with Crippen molar-refractivity contribution in [2.24, 2.45) is 0 Å². The third-order valence-corrected chi connectivity index (χ3v) is 3.27. The molecule has 0 N–H and O–H groups in total. The van der Waals surface area contributed by atoms with Crippen LogP contribution < -0.4 is 0 Å². The van der Waals surface area contributed by atoms with Crippen LogP contribution in [0.4, 0.5) is 65.9 Å². The topological polar surface area (TPSA) is 26.3 Å². The molecule has 0 aromatic carbocycles. The summed E-state index contributed by atoms with van der Waals surface area (Å²) in [7, 11) is 0. The molecule has 0 atom stereocenters. The Bertz CT molecular complexity index is 659. The van der Waals surface area contributed by atoms with Crippen LogP contribution in [0.2, 0.25) is 0 Å². The van der Waals surface area contributed by atoms with Crippen molar-refractivity contribution in [1.82, 2.24) is 0 Å². The Balaban J connectivity index is 6.46. The van der Waals surface area contributed by atoms with Crippen molar-refractivity contribution in [3.05, 3.63) is 11.6 Å². The zero-order chi connectivity index (χ0) is 24.1. The van der Waals surface area contributed by atoms with E-state index in [4.69, 9.17) is 0 Å². The molecule has 0 aliphatic carbocycles. The SMILES string of the molecule is CC=C(C)C(=O)OC(F)(F)C(F)(F)C(F)(F)C(F)(F)C(F)(F)C(F)(F)C(F)(F)F. The minimum absolute atomic E-state index is 0.557. The summed E-state index contributed by atoms with van der Waals surface area (Å²) >= 11 is 0. The molecule has 0 heterocycles. The molecule has 29 heavy (non-hydrogen) atoms. The van der Waals surface area contributed by atoms with E-state index in [2.05, 4.69) is 4.74 Å². The Hall–Kier alpha value is -1.84. The van der Waals surface area contributed by atoms with E-state index in [1.54, 1.807) is 0 Å².